The van der Waals surface area contributed by atoms with Crippen LogP contribution in [0.5, 0.6) is 5.75 Å². The van der Waals surface area contributed by atoms with Crippen molar-refractivity contribution in [2.24, 2.45) is 5.10 Å². The number of aryl methyl sites for hydroxylation is 1. The van der Waals surface area contributed by atoms with Gasteiger partial charge in [-0.3, -0.25) is 4.79 Å². The van der Waals surface area contributed by atoms with Gasteiger partial charge in [-0.05, 0) is 42.7 Å². The predicted molar refractivity (Wildman–Crippen MR) is 93.1 cm³/mol. The molecule has 2 aromatic rings. The zero-order chi connectivity index (χ0) is 16.5. The summed E-state index contributed by atoms with van der Waals surface area (Å²) >= 11 is 5.89. The second-order valence-electron chi connectivity index (χ2n) is 5.07. The molecule has 5 heteroatoms. The van der Waals surface area contributed by atoms with Gasteiger partial charge in [0, 0.05) is 11.4 Å². The molecule has 0 saturated carbocycles. The third-order valence-electron chi connectivity index (χ3n) is 3.15. The SMILES string of the molecule is Cc1cc(Cl)ccc1OCCCC(=O)N/N=C/c1ccccc1. The van der Waals surface area contributed by atoms with Gasteiger partial charge < -0.3 is 4.74 Å². The Labute approximate surface area is 141 Å². The molecule has 4 nitrogen and oxygen atoms in total. The first-order valence-electron chi connectivity index (χ1n) is 7.41. The van der Waals surface area contributed by atoms with Crippen LogP contribution in [0, 0.1) is 6.92 Å². The lowest BCUT2D eigenvalue weighted by molar-refractivity contribution is -0.121. The largest absolute Gasteiger partial charge is 0.493 e. The highest BCUT2D eigenvalue weighted by Gasteiger charge is 2.02. The van der Waals surface area contributed by atoms with Gasteiger partial charge in [0.1, 0.15) is 5.75 Å². The Morgan fingerprint density at radius 3 is 2.78 bits per heavy atom. The molecular formula is C18H19ClN2O2. The van der Waals surface area contributed by atoms with Crippen LogP contribution in [-0.2, 0) is 4.79 Å². The fourth-order valence-corrected chi connectivity index (χ4v) is 2.19. The molecule has 0 spiro atoms. The van der Waals surface area contributed by atoms with E-state index < -0.39 is 0 Å². The molecule has 120 valence electrons. The molecule has 0 unspecified atom stereocenters. The number of hydrogen-bond acceptors (Lipinski definition) is 3. The van der Waals surface area contributed by atoms with Gasteiger partial charge in [0.25, 0.3) is 0 Å². The number of hydrogen-bond donors (Lipinski definition) is 1. The molecule has 0 aliphatic rings. The standard InChI is InChI=1S/C18H19ClN2O2/c1-14-12-16(19)9-10-17(14)23-11-5-8-18(22)21-20-13-15-6-3-2-4-7-15/h2-4,6-7,9-10,12-13H,5,8,11H2,1H3,(H,21,22)/b20-13+. The van der Waals surface area contributed by atoms with Crippen LogP contribution in [-0.4, -0.2) is 18.7 Å². The number of benzene rings is 2. The summed E-state index contributed by atoms with van der Waals surface area (Å²) < 4.78 is 5.64. The van der Waals surface area contributed by atoms with E-state index >= 15 is 0 Å². The highest BCUT2D eigenvalue weighted by atomic mass is 35.5. The molecule has 1 amide bonds. The summed E-state index contributed by atoms with van der Waals surface area (Å²) in [5.74, 6) is 0.658. The average molecular weight is 331 g/mol. The number of nitrogens with one attached hydrogen (secondary N) is 1. The van der Waals surface area contributed by atoms with Crippen LogP contribution in [0.15, 0.2) is 53.6 Å². The Hall–Kier alpha value is -2.33. The minimum atomic E-state index is -0.131. The van der Waals surface area contributed by atoms with Crippen LogP contribution in [0.25, 0.3) is 0 Å². The highest BCUT2D eigenvalue weighted by Crippen LogP contribution is 2.21. The number of ether oxygens (including phenoxy) is 1. The maximum atomic E-state index is 11.7. The van der Waals surface area contributed by atoms with Gasteiger partial charge in [-0.1, -0.05) is 41.9 Å². The van der Waals surface area contributed by atoms with Crippen LogP contribution in [0.3, 0.4) is 0 Å². The van der Waals surface area contributed by atoms with E-state index in [1.165, 1.54) is 0 Å². The van der Waals surface area contributed by atoms with Crippen molar-refractivity contribution >= 4 is 23.7 Å². The molecule has 1 N–H and O–H groups in total. The first-order valence-corrected chi connectivity index (χ1v) is 7.79. The molecule has 0 saturated heterocycles. The van der Waals surface area contributed by atoms with Crippen molar-refractivity contribution in [2.45, 2.75) is 19.8 Å². The molecule has 0 aliphatic carbocycles. The van der Waals surface area contributed by atoms with Gasteiger partial charge in [-0.25, -0.2) is 5.43 Å². The summed E-state index contributed by atoms with van der Waals surface area (Å²) in [6.07, 6.45) is 2.60. The van der Waals surface area contributed by atoms with E-state index in [1.54, 1.807) is 12.3 Å². The number of hydrazone groups is 1. The van der Waals surface area contributed by atoms with Gasteiger partial charge in [0.05, 0.1) is 12.8 Å². The summed E-state index contributed by atoms with van der Waals surface area (Å²) in [5.41, 5.74) is 4.43. The summed E-state index contributed by atoms with van der Waals surface area (Å²) in [7, 11) is 0. The lowest BCUT2D eigenvalue weighted by Crippen LogP contribution is -2.18. The summed E-state index contributed by atoms with van der Waals surface area (Å²) in [6.45, 7) is 2.41. The molecule has 0 aliphatic heterocycles. The molecule has 0 atom stereocenters. The highest BCUT2D eigenvalue weighted by molar-refractivity contribution is 6.30. The molecule has 0 bridgehead atoms. The van der Waals surface area contributed by atoms with Crippen molar-refractivity contribution in [1.82, 2.24) is 5.43 Å². The molecule has 0 heterocycles. The first-order chi connectivity index (χ1) is 11.1. The van der Waals surface area contributed by atoms with Crippen LogP contribution in [0.4, 0.5) is 0 Å². The Bertz CT molecular complexity index is 672. The van der Waals surface area contributed by atoms with E-state index in [9.17, 15) is 4.79 Å². The lowest BCUT2D eigenvalue weighted by Gasteiger charge is -2.08. The van der Waals surface area contributed by atoms with Crippen LogP contribution >= 0.6 is 11.6 Å². The molecule has 2 aromatic carbocycles. The Morgan fingerprint density at radius 2 is 2.04 bits per heavy atom. The van der Waals surface area contributed by atoms with E-state index in [0.29, 0.717) is 24.5 Å². The summed E-state index contributed by atoms with van der Waals surface area (Å²) in [6, 6.07) is 15.1. The number of carbonyl (C=O) groups excluding carboxylic acids is 1. The number of carbonyl (C=O) groups is 1. The fraction of sp³-hybridized carbons (Fsp3) is 0.222. The first kappa shape index (κ1) is 17.0. The number of rotatable bonds is 7. The van der Waals surface area contributed by atoms with E-state index in [0.717, 1.165) is 16.9 Å². The number of amides is 1. The number of halogens is 1. The van der Waals surface area contributed by atoms with Gasteiger partial charge in [0.15, 0.2) is 0 Å². The zero-order valence-corrected chi connectivity index (χ0v) is 13.7. The Balaban J connectivity index is 1.66. The molecule has 0 fully saturated rings. The normalized spacial score (nSPS) is 10.7. The van der Waals surface area contributed by atoms with Gasteiger partial charge in [-0.15, -0.1) is 0 Å². The Morgan fingerprint density at radius 1 is 1.26 bits per heavy atom. The molecular weight excluding hydrogens is 312 g/mol. The predicted octanol–water partition coefficient (Wildman–Crippen LogP) is 3.96. The van der Waals surface area contributed by atoms with Crippen molar-refractivity contribution in [1.29, 1.82) is 0 Å². The zero-order valence-electron chi connectivity index (χ0n) is 13.0. The summed E-state index contributed by atoms with van der Waals surface area (Å²) in [5, 5.41) is 4.61. The minimum Gasteiger partial charge on any atom is -0.493 e. The molecule has 0 radical (unpaired) electrons. The van der Waals surface area contributed by atoms with Gasteiger partial charge in [-0.2, -0.15) is 5.10 Å². The van der Waals surface area contributed by atoms with Crippen molar-refractivity contribution in [3.05, 3.63) is 64.7 Å². The van der Waals surface area contributed by atoms with Crippen LogP contribution in [0.2, 0.25) is 5.02 Å². The third-order valence-corrected chi connectivity index (χ3v) is 3.38. The van der Waals surface area contributed by atoms with Crippen molar-refractivity contribution in [2.75, 3.05) is 6.61 Å². The Kier molecular flexibility index (Phi) is 6.63. The van der Waals surface area contributed by atoms with Crippen molar-refractivity contribution in [3.8, 4) is 5.75 Å². The van der Waals surface area contributed by atoms with Crippen LogP contribution < -0.4 is 10.2 Å². The summed E-state index contributed by atoms with van der Waals surface area (Å²) in [4.78, 5) is 11.7. The monoisotopic (exact) mass is 330 g/mol. The quantitative estimate of drug-likeness (QED) is 0.474. The fourth-order valence-electron chi connectivity index (χ4n) is 1.96. The molecule has 2 rings (SSSR count). The smallest absolute Gasteiger partial charge is 0.240 e. The molecule has 0 aromatic heterocycles. The van der Waals surface area contributed by atoms with Crippen molar-refractivity contribution in [3.63, 3.8) is 0 Å². The minimum absolute atomic E-state index is 0.131. The third kappa shape index (κ3) is 6.12. The average Bonchev–Trinajstić information content (AvgIpc) is 2.54. The van der Waals surface area contributed by atoms with Crippen molar-refractivity contribution < 1.29 is 9.53 Å². The van der Waals surface area contributed by atoms with E-state index in [1.807, 2.05) is 49.4 Å². The van der Waals surface area contributed by atoms with Gasteiger partial charge in [0.2, 0.25) is 5.91 Å². The van der Waals surface area contributed by atoms with E-state index in [-0.39, 0.29) is 5.91 Å². The topological polar surface area (TPSA) is 50.7 Å². The second-order valence-corrected chi connectivity index (χ2v) is 5.50. The second kappa shape index (κ2) is 8.96. The maximum absolute atomic E-state index is 11.7. The lowest BCUT2D eigenvalue weighted by atomic mass is 10.2. The van der Waals surface area contributed by atoms with Gasteiger partial charge >= 0.3 is 0 Å². The van der Waals surface area contributed by atoms with E-state index in [2.05, 4.69) is 10.5 Å². The number of nitrogens with zero attached hydrogens (tertiary/aromatic N) is 1. The maximum Gasteiger partial charge on any atom is 0.240 e. The van der Waals surface area contributed by atoms with E-state index in [4.69, 9.17) is 16.3 Å². The van der Waals surface area contributed by atoms with Crippen LogP contribution in [0.1, 0.15) is 24.0 Å². The molecule has 23 heavy (non-hydrogen) atoms.